The molecule has 31 heavy (non-hydrogen) atoms. The van der Waals surface area contributed by atoms with E-state index in [-0.39, 0.29) is 17.9 Å². The van der Waals surface area contributed by atoms with Gasteiger partial charge in [0.15, 0.2) is 11.5 Å². The number of carbonyl (C=O) groups excluding carboxylic acids is 2. The predicted molar refractivity (Wildman–Crippen MR) is 114 cm³/mol. The van der Waals surface area contributed by atoms with Crippen molar-refractivity contribution >= 4 is 38.6 Å². The van der Waals surface area contributed by atoms with E-state index in [9.17, 15) is 14.7 Å². The molecule has 4 heterocycles. The molecule has 1 aromatic carbocycles. The largest absolute Gasteiger partial charge is 0.503 e. The van der Waals surface area contributed by atoms with Crippen molar-refractivity contribution in [2.75, 3.05) is 0 Å². The Morgan fingerprint density at radius 3 is 2.77 bits per heavy atom. The van der Waals surface area contributed by atoms with Gasteiger partial charge in [-0.15, -0.1) is 0 Å². The van der Waals surface area contributed by atoms with Crippen molar-refractivity contribution < 1.29 is 23.5 Å². The second-order valence-electron chi connectivity index (χ2n) is 7.06. The summed E-state index contributed by atoms with van der Waals surface area (Å²) in [6.45, 7) is 0.0962. The number of furan rings is 2. The number of fused-ring (bicyclic) bond motifs is 1. The maximum absolute atomic E-state index is 13.4. The second-order valence-corrected chi connectivity index (χ2v) is 7.97. The minimum Gasteiger partial charge on any atom is -0.503 e. The van der Waals surface area contributed by atoms with Gasteiger partial charge in [-0.05, 0) is 48.5 Å². The lowest BCUT2D eigenvalue weighted by Crippen LogP contribution is -2.30. The summed E-state index contributed by atoms with van der Waals surface area (Å²) in [4.78, 5) is 32.0. The monoisotopic (exact) mass is 478 g/mol. The smallest absolute Gasteiger partial charge is 0.290 e. The highest BCUT2D eigenvalue weighted by Crippen LogP contribution is 2.40. The van der Waals surface area contributed by atoms with E-state index in [4.69, 9.17) is 8.83 Å². The number of amides is 1. The number of nitrogens with zero attached hydrogens (tertiary/aromatic N) is 2. The van der Waals surface area contributed by atoms with Gasteiger partial charge in [0.2, 0.25) is 5.78 Å². The number of Topliss-reactive ketones (excluding diaryl/α,β-unsaturated/α-hetero) is 1. The first-order valence-electron chi connectivity index (χ1n) is 9.44. The third-order valence-electron chi connectivity index (χ3n) is 5.12. The number of halogens is 1. The Morgan fingerprint density at radius 1 is 1.16 bits per heavy atom. The summed E-state index contributed by atoms with van der Waals surface area (Å²) in [5, 5.41) is 11.4. The molecular formula is C23H15BrN2O5. The molecule has 0 spiro atoms. The molecule has 154 valence electrons. The van der Waals surface area contributed by atoms with Crippen LogP contribution in [0.4, 0.5) is 0 Å². The molecular weight excluding hydrogens is 464 g/mol. The van der Waals surface area contributed by atoms with Gasteiger partial charge in [0.1, 0.15) is 17.4 Å². The summed E-state index contributed by atoms with van der Waals surface area (Å²) in [6, 6.07) is 14.7. The predicted octanol–water partition coefficient (Wildman–Crippen LogP) is 4.96. The maximum atomic E-state index is 13.4. The number of pyridine rings is 1. The maximum Gasteiger partial charge on any atom is 0.290 e. The molecule has 1 atom stereocenters. The molecule has 1 N–H and O–H groups in total. The summed E-state index contributed by atoms with van der Waals surface area (Å²) < 4.78 is 12.1. The van der Waals surface area contributed by atoms with Crippen LogP contribution in [0.2, 0.25) is 0 Å². The molecule has 1 aliphatic rings. The van der Waals surface area contributed by atoms with Crippen molar-refractivity contribution in [3.05, 3.63) is 100 Å². The SMILES string of the molecule is O=C(C1=C(O)C(=O)N(Cc2ccccn2)C1c1ccco1)c1cc2cc(Br)ccc2o1. The molecule has 0 saturated heterocycles. The molecule has 1 aliphatic heterocycles. The van der Waals surface area contributed by atoms with Crippen LogP contribution in [0.5, 0.6) is 0 Å². The lowest BCUT2D eigenvalue weighted by atomic mass is 9.99. The normalized spacial score (nSPS) is 16.5. The number of hydrogen-bond donors (Lipinski definition) is 1. The quantitative estimate of drug-likeness (QED) is 0.407. The van der Waals surface area contributed by atoms with Gasteiger partial charge in [0.05, 0.1) is 24.1 Å². The van der Waals surface area contributed by atoms with Gasteiger partial charge in [0.25, 0.3) is 5.91 Å². The Kier molecular flexibility index (Phi) is 4.71. The fraction of sp³-hybridized carbons (Fsp3) is 0.0870. The van der Waals surface area contributed by atoms with E-state index < -0.39 is 23.5 Å². The molecule has 4 aromatic rings. The average Bonchev–Trinajstić information content (AvgIpc) is 3.49. The van der Waals surface area contributed by atoms with Gasteiger partial charge >= 0.3 is 0 Å². The molecule has 0 bridgehead atoms. The van der Waals surface area contributed by atoms with E-state index in [0.717, 1.165) is 9.86 Å². The second kappa shape index (κ2) is 7.55. The van der Waals surface area contributed by atoms with Gasteiger partial charge in [-0.3, -0.25) is 14.6 Å². The highest BCUT2D eigenvalue weighted by molar-refractivity contribution is 9.10. The first kappa shape index (κ1) is 19.3. The number of aliphatic hydroxyl groups excluding tert-OH is 1. The van der Waals surface area contributed by atoms with Crippen LogP contribution in [-0.4, -0.2) is 26.7 Å². The molecule has 1 amide bonds. The molecule has 0 aliphatic carbocycles. The number of hydrogen-bond acceptors (Lipinski definition) is 6. The zero-order valence-electron chi connectivity index (χ0n) is 16.0. The highest BCUT2D eigenvalue weighted by Gasteiger charge is 2.46. The van der Waals surface area contributed by atoms with Gasteiger partial charge in [0, 0.05) is 16.1 Å². The van der Waals surface area contributed by atoms with E-state index in [2.05, 4.69) is 20.9 Å². The zero-order valence-corrected chi connectivity index (χ0v) is 17.6. The minimum atomic E-state index is -0.906. The first-order valence-corrected chi connectivity index (χ1v) is 10.2. The lowest BCUT2D eigenvalue weighted by Gasteiger charge is -2.24. The number of carbonyl (C=O) groups is 2. The van der Waals surface area contributed by atoms with Gasteiger partial charge in [-0.2, -0.15) is 0 Å². The lowest BCUT2D eigenvalue weighted by molar-refractivity contribution is -0.130. The van der Waals surface area contributed by atoms with E-state index in [1.54, 1.807) is 54.7 Å². The Hall–Kier alpha value is -3.65. The van der Waals surface area contributed by atoms with Crippen LogP contribution in [0.3, 0.4) is 0 Å². The van der Waals surface area contributed by atoms with Crippen LogP contribution < -0.4 is 0 Å². The van der Waals surface area contributed by atoms with E-state index in [1.807, 2.05) is 6.07 Å². The molecule has 8 heteroatoms. The first-order chi connectivity index (χ1) is 15.0. The van der Waals surface area contributed by atoms with Gasteiger partial charge in [-0.25, -0.2) is 0 Å². The molecule has 0 radical (unpaired) electrons. The van der Waals surface area contributed by atoms with Crippen LogP contribution in [0.15, 0.2) is 91.7 Å². The molecule has 3 aromatic heterocycles. The Labute approximate surface area is 184 Å². The standard InChI is InChI=1S/C23H15BrN2O5/c24-14-6-7-16-13(10-14)11-18(31-16)21(27)19-20(17-5-3-9-30-17)26(23(29)22(19)28)12-15-4-1-2-8-25-15/h1-11,20,28H,12H2. The summed E-state index contributed by atoms with van der Waals surface area (Å²) in [7, 11) is 0. The molecule has 5 rings (SSSR count). The highest BCUT2D eigenvalue weighted by atomic mass is 79.9. The molecule has 7 nitrogen and oxygen atoms in total. The van der Waals surface area contributed by atoms with E-state index in [0.29, 0.717) is 17.0 Å². The molecule has 0 fully saturated rings. The van der Waals surface area contributed by atoms with Crippen LogP contribution in [-0.2, 0) is 11.3 Å². The Bertz CT molecular complexity index is 1320. The Balaban J connectivity index is 1.58. The third-order valence-corrected chi connectivity index (χ3v) is 5.61. The zero-order chi connectivity index (χ0) is 21.5. The summed E-state index contributed by atoms with van der Waals surface area (Å²) >= 11 is 3.39. The van der Waals surface area contributed by atoms with Gasteiger partial charge in [-0.1, -0.05) is 22.0 Å². The van der Waals surface area contributed by atoms with Crippen molar-refractivity contribution in [1.82, 2.24) is 9.88 Å². The van der Waals surface area contributed by atoms with Crippen LogP contribution in [0, 0.1) is 0 Å². The number of ketones is 1. The van der Waals surface area contributed by atoms with Crippen LogP contribution in [0.1, 0.15) is 28.1 Å². The summed E-state index contributed by atoms with van der Waals surface area (Å²) in [6.07, 6.45) is 3.07. The van der Waals surface area contributed by atoms with Crippen LogP contribution in [0.25, 0.3) is 11.0 Å². The number of benzene rings is 1. The summed E-state index contributed by atoms with van der Waals surface area (Å²) in [5.41, 5.74) is 1.05. The Morgan fingerprint density at radius 2 is 2.03 bits per heavy atom. The van der Waals surface area contributed by atoms with Crippen molar-refractivity contribution in [3.63, 3.8) is 0 Å². The minimum absolute atomic E-state index is 0.0266. The molecule has 1 unspecified atom stereocenters. The fourth-order valence-electron chi connectivity index (χ4n) is 3.72. The average molecular weight is 479 g/mol. The topological polar surface area (TPSA) is 96.8 Å². The summed E-state index contributed by atoms with van der Waals surface area (Å²) in [5.74, 6) is -1.49. The van der Waals surface area contributed by atoms with Crippen molar-refractivity contribution in [1.29, 1.82) is 0 Å². The van der Waals surface area contributed by atoms with Gasteiger partial charge < -0.3 is 18.8 Å². The van der Waals surface area contributed by atoms with Crippen molar-refractivity contribution in [3.8, 4) is 0 Å². The number of aromatic nitrogens is 1. The van der Waals surface area contributed by atoms with E-state index in [1.165, 1.54) is 11.2 Å². The fourth-order valence-corrected chi connectivity index (χ4v) is 4.10. The number of aliphatic hydroxyl groups is 1. The van der Waals surface area contributed by atoms with Crippen LogP contribution >= 0.6 is 15.9 Å². The number of rotatable bonds is 5. The van der Waals surface area contributed by atoms with E-state index >= 15 is 0 Å². The molecule has 0 saturated carbocycles. The third kappa shape index (κ3) is 3.34. The van der Waals surface area contributed by atoms with Crippen molar-refractivity contribution in [2.45, 2.75) is 12.6 Å². The van der Waals surface area contributed by atoms with Crippen molar-refractivity contribution in [2.24, 2.45) is 0 Å².